The lowest BCUT2D eigenvalue weighted by Crippen LogP contribution is -2.22. The van der Waals surface area contributed by atoms with Crippen LogP contribution in [0, 0.1) is 5.92 Å². The highest BCUT2D eigenvalue weighted by atomic mass is 35.5. The van der Waals surface area contributed by atoms with Crippen LogP contribution in [-0.2, 0) is 6.54 Å². The molecule has 0 bridgehead atoms. The Kier molecular flexibility index (Phi) is 4.10. The number of hydrogen-bond donors (Lipinski definition) is 1. The topological polar surface area (TPSA) is 29.9 Å². The molecule has 0 radical (unpaired) electrons. The molecule has 16 heavy (non-hydrogen) atoms. The van der Waals surface area contributed by atoms with Crippen molar-refractivity contribution in [1.82, 2.24) is 9.55 Å². The summed E-state index contributed by atoms with van der Waals surface area (Å²) >= 11 is 6.09. The molecule has 1 fully saturated rings. The van der Waals surface area contributed by atoms with Crippen LogP contribution < -0.4 is 5.32 Å². The standard InChI is InChI=1S/C12H20ClN3/c1-2-16-8-7-14-12(16)15-9-10-3-5-11(13)6-4-10/h7-8,10-11H,2-6,9H2,1H3,(H,14,15). The van der Waals surface area contributed by atoms with Gasteiger partial charge in [0.15, 0.2) is 0 Å². The third kappa shape index (κ3) is 2.91. The molecule has 0 aromatic carbocycles. The normalized spacial score (nSPS) is 25.6. The molecule has 1 saturated carbocycles. The predicted molar refractivity (Wildman–Crippen MR) is 68.0 cm³/mol. The van der Waals surface area contributed by atoms with Crippen molar-refractivity contribution in [3.63, 3.8) is 0 Å². The first-order valence-corrected chi connectivity index (χ1v) is 6.62. The van der Waals surface area contributed by atoms with Crippen LogP contribution in [0.15, 0.2) is 12.4 Å². The van der Waals surface area contributed by atoms with E-state index in [9.17, 15) is 0 Å². The lowest BCUT2D eigenvalue weighted by Gasteiger charge is -2.25. The number of alkyl halides is 1. The third-order valence-electron chi connectivity index (χ3n) is 3.38. The van der Waals surface area contributed by atoms with Crippen molar-refractivity contribution < 1.29 is 0 Å². The largest absolute Gasteiger partial charge is 0.355 e. The minimum atomic E-state index is 0.411. The Morgan fingerprint density at radius 1 is 1.44 bits per heavy atom. The Balaban J connectivity index is 1.79. The number of imidazole rings is 1. The molecule has 1 N–H and O–H groups in total. The first kappa shape index (κ1) is 11.8. The van der Waals surface area contributed by atoms with Crippen LogP contribution in [0.3, 0.4) is 0 Å². The highest BCUT2D eigenvalue weighted by Crippen LogP contribution is 2.27. The van der Waals surface area contributed by atoms with Crippen molar-refractivity contribution in [2.75, 3.05) is 11.9 Å². The molecule has 0 aliphatic heterocycles. The van der Waals surface area contributed by atoms with E-state index < -0.39 is 0 Å². The number of rotatable bonds is 4. The highest BCUT2D eigenvalue weighted by molar-refractivity contribution is 6.20. The Labute approximate surface area is 102 Å². The molecule has 1 aliphatic rings. The average Bonchev–Trinajstić information content (AvgIpc) is 2.76. The number of nitrogens with zero attached hydrogens (tertiary/aromatic N) is 2. The fraction of sp³-hybridized carbons (Fsp3) is 0.750. The van der Waals surface area contributed by atoms with Crippen LogP contribution >= 0.6 is 11.6 Å². The SMILES string of the molecule is CCn1ccnc1NCC1CCC(Cl)CC1. The molecular weight excluding hydrogens is 222 g/mol. The molecule has 3 nitrogen and oxygen atoms in total. The number of aryl methyl sites for hydroxylation is 1. The average molecular weight is 242 g/mol. The zero-order chi connectivity index (χ0) is 11.4. The monoisotopic (exact) mass is 241 g/mol. The molecule has 0 amide bonds. The summed E-state index contributed by atoms with van der Waals surface area (Å²) in [6, 6.07) is 0. The maximum Gasteiger partial charge on any atom is 0.202 e. The fourth-order valence-corrected chi connectivity index (χ4v) is 2.55. The van der Waals surface area contributed by atoms with E-state index in [2.05, 4.69) is 21.8 Å². The molecule has 4 heteroatoms. The van der Waals surface area contributed by atoms with Gasteiger partial charge in [0.1, 0.15) is 0 Å². The highest BCUT2D eigenvalue weighted by Gasteiger charge is 2.19. The van der Waals surface area contributed by atoms with Gasteiger partial charge >= 0.3 is 0 Å². The molecule has 0 saturated heterocycles. The van der Waals surface area contributed by atoms with Crippen molar-refractivity contribution >= 4 is 17.5 Å². The van der Waals surface area contributed by atoms with Crippen LogP contribution in [0.25, 0.3) is 0 Å². The van der Waals surface area contributed by atoms with Gasteiger partial charge in [-0.05, 0) is 38.5 Å². The molecular formula is C12H20ClN3. The van der Waals surface area contributed by atoms with Gasteiger partial charge in [-0.25, -0.2) is 4.98 Å². The summed E-state index contributed by atoms with van der Waals surface area (Å²) in [4.78, 5) is 4.31. The van der Waals surface area contributed by atoms with E-state index in [1.807, 2.05) is 12.4 Å². The van der Waals surface area contributed by atoms with Gasteiger partial charge < -0.3 is 9.88 Å². The first-order valence-electron chi connectivity index (χ1n) is 6.18. The Bertz CT molecular complexity index is 316. The minimum absolute atomic E-state index is 0.411. The van der Waals surface area contributed by atoms with Crippen LogP contribution in [0.2, 0.25) is 0 Å². The second-order valence-corrected chi connectivity index (χ2v) is 5.15. The molecule has 0 atom stereocenters. The van der Waals surface area contributed by atoms with Gasteiger partial charge in [-0.15, -0.1) is 11.6 Å². The minimum Gasteiger partial charge on any atom is -0.355 e. The van der Waals surface area contributed by atoms with E-state index in [1.54, 1.807) is 0 Å². The first-order chi connectivity index (χ1) is 7.79. The lowest BCUT2D eigenvalue weighted by molar-refractivity contribution is 0.377. The van der Waals surface area contributed by atoms with E-state index >= 15 is 0 Å². The maximum atomic E-state index is 6.09. The summed E-state index contributed by atoms with van der Waals surface area (Å²) in [5.74, 6) is 1.76. The zero-order valence-corrected chi connectivity index (χ0v) is 10.6. The van der Waals surface area contributed by atoms with E-state index in [1.165, 1.54) is 12.8 Å². The summed E-state index contributed by atoms with van der Waals surface area (Å²) < 4.78 is 2.13. The van der Waals surface area contributed by atoms with Gasteiger partial charge in [-0.3, -0.25) is 0 Å². The van der Waals surface area contributed by atoms with Gasteiger partial charge in [-0.2, -0.15) is 0 Å². The molecule has 1 aromatic rings. The van der Waals surface area contributed by atoms with Gasteiger partial charge in [0.25, 0.3) is 0 Å². The lowest BCUT2D eigenvalue weighted by atomic mass is 9.89. The smallest absolute Gasteiger partial charge is 0.202 e. The maximum absolute atomic E-state index is 6.09. The van der Waals surface area contributed by atoms with Gasteiger partial charge in [0.05, 0.1) is 0 Å². The summed E-state index contributed by atoms with van der Waals surface area (Å²) in [7, 11) is 0. The van der Waals surface area contributed by atoms with Crippen molar-refractivity contribution in [1.29, 1.82) is 0 Å². The van der Waals surface area contributed by atoms with E-state index in [-0.39, 0.29) is 0 Å². The van der Waals surface area contributed by atoms with E-state index in [0.29, 0.717) is 5.38 Å². The van der Waals surface area contributed by atoms with Gasteiger partial charge in [0.2, 0.25) is 5.95 Å². The molecule has 1 heterocycles. The molecule has 2 rings (SSSR count). The number of hydrogen-bond acceptors (Lipinski definition) is 2. The Morgan fingerprint density at radius 3 is 2.88 bits per heavy atom. The van der Waals surface area contributed by atoms with Crippen molar-refractivity contribution in [2.45, 2.75) is 44.5 Å². The molecule has 0 unspecified atom stereocenters. The van der Waals surface area contributed by atoms with Crippen LogP contribution in [0.1, 0.15) is 32.6 Å². The van der Waals surface area contributed by atoms with Crippen LogP contribution in [0.5, 0.6) is 0 Å². The molecule has 90 valence electrons. The number of aromatic nitrogens is 2. The number of anilines is 1. The van der Waals surface area contributed by atoms with Crippen LogP contribution in [-0.4, -0.2) is 21.5 Å². The predicted octanol–water partition coefficient (Wildman–Crippen LogP) is 3.11. The second-order valence-electron chi connectivity index (χ2n) is 4.54. The van der Waals surface area contributed by atoms with Crippen molar-refractivity contribution in [3.8, 4) is 0 Å². The zero-order valence-electron chi connectivity index (χ0n) is 9.82. The van der Waals surface area contributed by atoms with E-state index in [0.717, 1.165) is 37.8 Å². The van der Waals surface area contributed by atoms with Gasteiger partial charge in [0, 0.05) is 30.9 Å². The summed E-state index contributed by atoms with van der Waals surface area (Å²) in [6.07, 6.45) is 8.67. The molecule has 0 spiro atoms. The van der Waals surface area contributed by atoms with Gasteiger partial charge in [-0.1, -0.05) is 0 Å². The summed E-state index contributed by atoms with van der Waals surface area (Å²) in [6.45, 7) is 4.13. The molecule has 1 aromatic heterocycles. The number of nitrogens with one attached hydrogen (secondary N) is 1. The number of halogens is 1. The van der Waals surface area contributed by atoms with E-state index in [4.69, 9.17) is 11.6 Å². The second kappa shape index (κ2) is 5.58. The Morgan fingerprint density at radius 2 is 2.19 bits per heavy atom. The third-order valence-corrected chi connectivity index (χ3v) is 3.82. The van der Waals surface area contributed by atoms with Crippen molar-refractivity contribution in [2.24, 2.45) is 5.92 Å². The summed E-state index contributed by atoms with van der Waals surface area (Å²) in [5, 5.41) is 3.85. The Hall–Kier alpha value is -0.700. The van der Waals surface area contributed by atoms with Crippen LogP contribution in [0.4, 0.5) is 5.95 Å². The fourth-order valence-electron chi connectivity index (χ4n) is 2.29. The summed E-state index contributed by atoms with van der Waals surface area (Å²) in [5.41, 5.74) is 0. The van der Waals surface area contributed by atoms with Crippen molar-refractivity contribution in [3.05, 3.63) is 12.4 Å². The quantitative estimate of drug-likeness (QED) is 0.821. The molecule has 1 aliphatic carbocycles.